The van der Waals surface area contributed by atoms with Crippen LogP contribution in [0.15, 0.2) is 36.4 Å². The molecule has 2 atom stereocenters. The molecule has 2 heteroatoms. The van der Waals surface area contributed by atoms with Crippen molar-refractivity contribution < 1.29 is 4.84 Å². The molecule has 1 aliphatic carbocycles. The van der Waals surface area contributed by atoms with Crippen LogP contribution < -0.4 is 5.06 Å². The van der Waals surface area contributed by atoms with Crippen LogP contribution in [0.5, 0.6) is 0 Å². The largest absolute Gasteiger partial charge is 0.265 e. The molecular weight excluding hydrogens is 222 g/mol. The smallest absolute Gasteiger partial charge is 0.104 e. The fourth-order valence-corrected chi connectivity index (χ4v) is 2.65. The molecule has 1 aromatic carbocycles. The molecule has 2 heterocycles. The van der Waals surface area contributed by atoms with Crippen LogP contribution in [0.25, 0.3) is 0 Å². The lowest BCUT2D eigenvalue weighted by molar-refractivity contribution is 0.00352. The summed E-state index contributed by atoms with van der Waals surface area (Å²) < 4.78 is 0. The Hall–Kier alpha value is -1.28. The van der Waals surface area contributed by atoms with Crippen molar-refractivity contribution in [3.05, 3.63) is 42.0 Å². The number of rotatable bonds is 1. The molecule has 1 fully saturated rings. The highest BCUT2D eigenvalue weighted by molar-refractivity contribution is 5.49. The Bertz CT molecular complexity index is 455. The third-order valence-electron chi connectivity index (χ3n) is 3.83. The number of hydrogen-bond acceptors (Lipinski definition) is 2. The van der Waals surface area contributed by atoms with E-state index in [-0.39, 0.29) is 11.5 Å². The van der Waals surface area contributed by atoms with Crippen LogP contribution in [-0.2, 0) is 10.3 Å². The van der Waals surface area contributed by atoms with Crippen LogP contribution in [0.1, 0.15) is 39.2 Å². The van der Waals surface area contributed by atoms with Gasteiger partial charge in [-0.05, 0) is 36.0 Å². The maximum Gasteiger partial charge on any atom is 0.104 e. The summed E-state index contributed by atoms with van der Waals surface area (Å²) in [4.78, 5) is 5.94. The number of benzene rings is 1. The van der Waals surface area contributed by atoms with Gasteiger partial charge in [-0.3, -0.25) is 4.84 Å². The van der Waals surface area contributed by atoms with Crippen molar-refractivity contribution in [3.63, 3.8) is 0 Å². The second-order valence-electron chi connectivity index (χ2n) is 6.30. The molecule has 0 aromatic heterocycles. The Morgan fingerprint density at radius 1 is 1.06 bits per heavy atom. The van der Waals surface area contributed by atoms with E-state index in [1.54, 1.807) is 0 Å². The third kappa shape index (κ3) is 2.05. The lowest BCUT2D eigenvalue weighted by Gasteiger charge is -2.41. The van der Waals surface area contributed by atoms with Gasteiger partial charge in [-0.1, -0.05) is 45.1 Å². The van der Waals surface area contributed by atoms with Crippen LogP contribution in [0.3, 0.4) is 0 Å². The van der Waals surface area contributed by atoms with Crippen molar-refractivity contribution in [3.8, 4) is 0 Å². The van der Waals surface area contributed by atoms with Crippen LogP contribution in [0.4, 0.5) is 5.69 Å². The van der Waals surface area contributed by atoms with Crippen molar-refractivity contribution in [1.29, 1.82) is 0 Å². The van der Waals surface area contributed by atoms with Crippen LogP contribution in [0, 0.1) is 0 Å². The first-order chi connectivity index (χ1) is 8.54. The molecule has 0 amide bonds. The highest BCUT2D eigenvalue weighted by atomic mass is 16.7. The van der Waals surface area contributed by atoms with E-state index >= 15 is 0 Å². The fourth-order valence-electron chi connectivity index (χ4n) is 2.65. The highest BCUT2D eigenvalue weighted by Gasteiger charge is 2.31. The molecule has 2 bridgehead atoms. The maximum atomic E-state index is 5.94. The van der Waals surface area contributed by atoms with Crippen LogP contribution >= 0.6 is 0 Å². The SMILES string of the molecule is CC(C)(C)c1ccc(N2O[C@@H]3C=C[C@H]2CC3)cc1. The van der Waals surface area contributed by atoms with Gasteiger partial charge in [0.2, 0.25) is 0 Å². The van der Waals surface area contributed by atoms with Gasteiger partial charge in [0.15, 0.2) is 0 Å². The second kappa shape index (κ2) is 4.13. The van der Waals surface area contributed by atoms with Crippen molar-refractivity contribution in [1.82, 2.24) is 0 Å². The van der Waals surface area contributed by atoms with Crippen molar-refractivity contribution in [2.75, 3.05) is 5.06 Å². The molecule has 3 aliphatic rings. The summed E-state index contributed by atoms with van der Waals surface area (Å²) in [6, 6.07) is 9.19. The molecule has 0 unspecified atom stereocenters. The summed E-state index contributed by atoms with van der Waals surface area (Å²) >= 11 is 0. The zero-order valence-corrected chi connectivity index (χ0v) is 11.4. The monoisotopic (exact) mass is 243 g/mol. The minimum Gasteiger partial charge on any atom is -0.265 e. The first kappa shape index (κ1) is 11.8. The number of hydroxylamine groups is 1. The summed E-state index contributed by atoms with van der Waals surface area (Å²) in [5.74, 6) is 0. The van der Waals surface area contributed by atoms with Gasteiger partial charge in [0.1, 0.15) is 6.10 Å². The first-order valence-electron chi connectivity index (χ1n) is 6.79. The summed E-state index contributed by atoms with van der Waals surface area (Å²) in [6.45, 7) is 6.72. The molecular formula is C16H21NO. The van der Waals surface area contributed by atoms with E-state index in [9.17, 15) is 0 Å². The molecule has 0 N–H and O–H groups in total. The quantitative estimate of drug-likeness (QED) is 0.695. The minimum absolute atomic E-state index is 0.209. The van der Waals surface area contributed by atoms with Crippen molar-refractivity contribution in [2.24, 2.45) is 0 Å². The molecule has 0 radical (unpaired) electrons. The Morgan fingerprint density at radius 3 is 2.22 bits per heavy atom. The van der Waals surface area contributed by atoms with E-state index in [1.165, 1.54) is 17.7 Å². The van der Waals surface area contributed by atoms with Gasteiger partial charge in [0.05, 0.1) is 11.7 Å². The third-order valence-corrected chi connectivity index (χ3v) is 3.83. The van der Waals surface area contributed by atoms with E-state index in [1.807, 2.05) is 0 Å². The summed E-state index contributed by atoms with van der Waals surface area (Å²) in [5.41, 5.74) is 2.74. The first-order valence-corrected chi connectivity index (χ1v) is 6.79. The summed E-state index contributed by atoms with van der Waals surface area (Å²) in [7, 11) is 0. The molecule has 0 saturated carbocycles. The molecule has 1 saturated heterocycles. The van der Waals surface area contributed by atoms with Gasteiger partial charge in [0.25, 0.3) is 0 Å². The van der Waals surface area contributed by atoms with Crippen molar-refractivity contribution in [2.45, 2.75) is 51.2 Å². The number of anilines is 1. The van der Waals surface area contributed by atoms with Gasteiger partial charge < -0.3 is 0 Å². The van der Waals surface area contributed by atoms with E-state index in [0.717, 1.165) is 6.42 Å². The topological polar surface area (TPSA) is 12.5 Å². The van der Waals surface area contributed by atoms with Crippen molar-refractivity contribution >= 4 is 5.69 Å². The van der Waals surface area contributed by atoms with Gasteiger partial charge in [0, 0.05) is 0 Å². The predicted octanol–water partition coefficient (Wildman–Crippen LogP) is 3.82. The van der Waals surface area contributed by atoms with E-state index in [4.69, 9.17) is 4.84 Å². The fraction of sp³-hybridized carbons (Fsp3) is 0.500. The van der Waals surface area contributed by atoms with Crippen LogP contribution in [0.2, 0.25) is 0 Å². The van der Waals surface area contributed by atoms with Gasteiger partial charge in [-0.2, -0.15) is 0 Å². The lowest BCUT2D eigenvalue weighted by atomic mass is 9.87. The maximum absolute atomic E-state index is 5.94. The minimum atomic E-state index is 0.209. The molecule has 18 heavy (non-hydrogen) atoms. The molecule has 2 nitrogen and oxygen atoms in total. The highest BCUT2D eigenvalue weighted by Crippen LogP contribution is 2.33. The summed E-state index contributed by atoms with van der Waals surface area (Å²) in [5, 5.41) is 2.07. The van der Waals surface area contributed by atoms with E-state index in [0.29, 0.717) is 6.04 Å². The molecule has 0 spiro atoms. The van der Waals surface area contributed by atoms with E-state index < -0.39 is 0 Å². The molecule has 96 valence electrons. The predicted molar refractivity (Wildman–Crippen MR) is 74.7 cm³/mol. The Labute approximate surface area is 109 Å². The van der Waals surface area contributed by atoms with Gasteiger partial charge in [-0.25, -0.2) is 5.06 Å². The summed E-state index contributed by atoms with van der Waals surface area (Å²) in [6.07, 6.45) is 7.08. The molecule has 4 rings (SSSR count). The molecule has 1 aromatic rings. The van der Waals surface area contributed by atoms with E-state index in [2.05, 4.69) is 62.3 Å². The van der Waals surface area contributed by atoms with Gasteiger partial charge >= 0.3 is 0 Å². The second-order valence-corrected chi connectivity index (χ2v) is 6.30. The average molecular weight is 243 g/mol. The zero-order valence-electron chi connectivity index (χ0n) is 11.4. The Morgan fingerprint density at radius 2 is 1.78 bits per heavy atom. The van der Waals surface area contributed by atoms with Gasteiger partial charge in [-0.15, -0.1) is 0 Å². The van der Waals surface area contributed by atoms with Crippen LogP contribution in [-0.4, -0.2) is 12.1 Å². The normalized spacial score (nSPS) is 26.7. The molecule has 2 aliphatic heterocycles. The standard InChI is InChI=1S/C16H21NO/c1-16(2,3)12-4-6-13(7-5-12)17-14-8-10-15(18-17)11-9-14/h4-8,10,14-15H,9,11H2,1-3H3/t14-,15+/m0/s1. The number of hydrogen-bond donors (Lipinski definition) is 0. The average Bonchev–Trinajstić information content (AvgIpc) is 2.39. The number of nitrogens with zero attached hydrogens (tertiary/aromatic N) is 1. The number of fused-ring (bicyclic) bond motifs is 2. The Balaban J connectivity index is 1.84. The lowest BCUT2D eigenvalue weighted by Crippen LogP contribution is -2.45. The zero-order chi connectivity index (χ0) is 12.8. The Kier molecular flexibility index (Phi) is 2.70.